The van der Waals surface area contributed by atoms with Crippen LogP contribution in [0.1, 0.15) is 10.4 Å². The van der Waals surface area contributed by atoms with Gasteiger partial charge >= 0.3 is 5.97 Å². The van der Waals surface area contributed by atoms with E-state index >= 15 is 0 Å². The Kier molecular flexibility index (Phi) is 5.06. The van der Waals surface area contributed by atoms with Crippen molar-refractivity contribution in [2.24, 2.45) is 11.7 Å². The number of anilines is 2. The van der Waals surface area contributed by atoms with Crippen LogP contribution >= 0.6 is 11.6 Å². The number of rotatable bonds is 4. The minimum atomic E-state index is -1.61. The number of nitrogens with zero attached hydrogens (tertiary/aromatic N) is 2. The first-order chi connectivity index (χ1) is 14.6. The van der Waals surface area contributed by atoms with E-state index < -0.39 is 40.1 Å². The topological polar surface area (TPSA) is 115 Å². The zero-order chi connectivity index (χ0) is 22.6. The van der Waals surface area contributed by atoms with Crippen molar-refractivity contribution in [1.82, 2.24) is 4.57 Å². The highest BCUT2D eigenvalue weighted by atomic mass is 35.5. The largest absolute Gasteiger partial charge is 0.477 e. The lowest BCUT2D eigenvalue weighted by atomic mass is 9.98. The monoisotopic (exact) mass is 452 g/mol. The fraction of sp³-hybridized carbons (Fsp3) is 0.200. The van der Waals surface area contributed by atoms with Crippen molar-refractivity contribution >= 4 is 39.8 Å². The molecule has 1 aliphatic heterocycles. The molecule has 5 N–H and O–H groups in total. The number of carboxylic acid groups (broad SMARTS) is 1. The molecule has 2 aromatic carbocycles. The highest BCUT2D eigenvalue weighted by Crippen LogP contribution is 2.39. The van der Waals surface area contributed by atoms with E-state index in [4.69, 9.17) is 23.1 Å². The summed E-state index contributed by atoms with van der Waals surface area (Å²) in [6.07, 6.45) is 0.856. The first-order valence-corrected chi connectivity index (χ1v) is 9.52. The summed E-state index contributed by atoms with van der Waals surface area (Å²) in [5.41, 5.74) is 8.51. The van der Waals surface area contributed by atoms with Gasteiger partial charge in [0.25, 0.3) is 0 Å². The molecule has 1 saturated heterocycles. The number of aromatic nitrogens is 1. The standard InChI is InChI=1S/C20H16ClF3N4O3/c21-16-17-9(1-13(24)18(16)27-5-8(4-25)6-27)19(29)10(20(30)31)7-28(17)15-3-14(26)11(22)2-12(15)23/h1-3,7-8H,4-6,25-26H2,(H,30,31). The molecule has 4 rings (SSSR count). The summed E-state index contributed by atoms with van der Waals surface area (Å²) < 4.78 is 44.2. The molecule has 11 heteroatoms. The lowest BCUT2D eigenvalue weighted by Gasteiger charge is -2.41. The number of aromatic carboxylic acids is 1. The van der Waals surface area contributed by atoms with Crippen molar-refractivity contribution in [2.45, 2.75) is 0 Å². The Hall–Kier alpha value is -3.24. The summed E-state index contributed by atoms with van der Waals surface area (Å²) in [7, 11) is 0. The normalized spacial score (nSPS) is 14.2. The van der Waals surface area contributed by atoms with Crippen LogP contribution in [0.4, 0.5) is 24.5 Å². The van der Waals surface area contributed by atoms with Gasteiger partial charge in [-0.1, -0.05) is 11.6 Å². The highest BCUT2D eigenvalue weighted by molar-refractivity contribution is 6.38. The van der Waals surface area contributed by atoms with Crippen LogP contribution in [-0.2, 0) is 0 Å². The predicted octanol–water partition coefficient (Wildman–Crippen LogP) is 2.74. The molecular formula is C20H16ClF3N4O3. The van der Waals surface area contributed by atoms with Gasteiger partial charge < -0.3 is 26.0 Å². The maximum atomic E-state index is 14.9. The van der Waals surface area contributed by atoms with Crippen molar-refractivity contribution in [3.63, 3.8) is 0 Å². The number of pyridine rings is 1. The van der Waals surface area contributed by atoms with Crippen molar-refractivity contribution < 1.29 is 23.1 Å². The second-order valence-electron chi connectivity index (χ2n) is 7.30. The number of hydrogen-bond donors (Lipinski definition) is 3. The van der Waals surface area contributed by atoms with Gasteiger partial charge in [-0.3, -0.25) is 4.79 Å². The van der Waals surface area contributed by atoms with Crippen LogP contribution in [0, 0.1) is 23.4 Å². The Balaban J connectivity index is 2.09. The molecule has 0 atom stereocenters. The number of nitrogens with two attached hydrogens (primary N) is 2. The molecule has 1 fully saturated rings. The smallest absolute Gasteiger partial charge is 0.341 e. The molecular weight excluding hydrogens is 437 g/mol. The van der Waals surface area contributed by atoms with E-state index in [1.54, 1.807) is 4.90 Å². The summed E-state index contributed by atoms with van der Waals surface area (Å²) in [6, 6.07) is 2.32. The summed E-state index contributed by atoms with van der Waals surface area (Å²) in [6.45, 7) is 1.25. The van der Waals surface area contributed by atoms with E-state index in [-0.39, 0.29) is 33.2 Å². The third-order valence-corrected chi connectivity index (χ3v) is 5.68. The van der Waals surface area contributed by atoms with Gasteiger partial charge in [-0.05, 0) is 18.7 Å². The second kappa shape index (κ2) is 7.47. The molecule has 0 radical (unpaired) electrons. The van der Waals surface area contributed by atoms with E-state index in [1.165, 1.54) is 0 Å². The van der Waals surface area contributed by atoms with Gasteiger partial charge in [-0.25, -0.2) is 18.0 Å². The van der Waals surface area contributed by atoms with Gasteiger partial charge in [0.2, 0.25) is 5.43 Å². The molecule has 1 aromatic heterocycles. The minimum absolute atomic E-state index is 0.0226. The molecule has 0 bridgehead atoms. The molecule has 3 aromatic rings. The number of halogens is 4. The maximum Gasteiger partial charge on any atom is 0.341 e. The molecule has 0 saturated carbocycles. The molecule has 2 heterocycles. The third-order valence-electron chi connectivity index (χ3n) is 5.32. The summed E-state index contributed by atoms with van der Waals surface area (Å²) in [5, 5.41) is 8.82. The zero-order valence-corrected chi connectivity index (χ0v) is 16.6. The van der Waals surface area contributed by atoms with Gasteiger partial charge in [0, 0.05) is 31.3 Å². The van der Waals surface area contributed by atoms with Crippen LogP contribution < -0.4 is 21.8 Å². The van der Waals surface area contributed by atoms with Crippen LogP contribution in [0.25, 0.3) is 16.6 Å². The summed E-state index contributed by atoms with van der Waals surface area (Å²) in [4.78, 5) is 25.9. The number of hydrogen-bond acceptors (Lipinski definition) is 5. The van der Waals surface area contributed by atoms with Gasteiger partial charge in [0.1, 0.15) is 23.0 Å². The number of fused-ring (bicyclic) bond motifs is 1. The predicted molar refractivity (Wildman–Crippen MR) is 111 cm³/mol. The zero-order valence-electron chi connectivity index (χ0n) is 15.8. The fourth-order valence-electron chi connectivity index (χ4n) is 3.68. The number of carbonyl (C=O) groups is 1. The van der Waals surface area contributed by atoms with Crippen molar-refractivity contribution in [3.05, 3.63) is 62.7 Å². The average molecular weight is 453 g/mol. The van der Waals surface area contributed by atoms with Crippen LogP contribution in [0.3, 0.4) is 0 Å². The van der Waals surface area contributed by atoms with E-state index in [0.29, 0.717) is 25.7 Å². The van der Waals surface area contributed by atoms with Gasteiger partial charge in [-0.2, -0.15) is 0 Å². The molecule has 7 nitrogen and oxygen atoms in total. The minimum Gasteiger partial charge on any atom is -0.477 e. The van der Waals surface area contributed by atoms with Crippen molar-refractivity contribution in [1.29, 1.82) is 0 Å². The molecule has 0 unspecified atom stereocenters. The van der Waals surface area contributed by atoms with Crippen LogP contribution in [0.5, 0.6) is 0 Å². The SMILES string of the molecule is NCC1CN(c2c(F)cc3c(=O)c(C(=O)O)cn(-c4cc(N)c(F)cc4F)c3c2Cl)C1. The molecule has 31 heavy (non-hydrogen) atoms. The lowest BCUT2D eigenvalue weighted by molar-refractivity contribution is 0.0695. The molecule has 0 amide bonds. The Labute approximate surface area is 178 Å². The summed E-state index contributed by atoms with van der Waals surface area (Å²) in [5.74, 6) is -4.40. The highest BCUT2D eigenvalue weighted by Gasteiger charge is 2.31. The Bertz CT molecular complexity index is 1310. The van der Waals surface area contributed by atoms with Crippen molar-refractivity contribution in [2.75, 3.05) is 30.3 Å². The van der Waals surface area contributed by atoms with Crippen molar-refractivity contribution in [3.8, 4) is 5.69 Å². The fourth-order valence-corrected chi connectivity index (χ4v) is 4.08. The molecule has 1 aliphatic rings. The van der Waals surface area contributed by atoms with E-state index in [1.807, 2.05) is 0 Å². The molecule has 0 spiro atoms. The number of carboxylic acids is 1. The maximum absolute atomic E-state index is 14.9. The first-order valence-electron chi connectivity index (χ1n) is 9.14. The Morgan fingerprint density at radius 1 is 1.16 bits per heavy atom. The van der Waals surface area contributed by atoms with Crippen LogP contribution in [0.2, 0.25) is 5.02 Å². The first kappa shape index (κ1) is 21.0. The number of benzene rings is 2. The lowest BCUT2D eigenvalue weighted by Crippen LogP contribution is -2.50. The summed E-state index contributed by atoms with van der Waals surface area (Å²) >= 11 is 6.48. The van der Waals surface area contributed by atoms with E-state index in [2.05, 4.69) is 0 Å². The Morgan fingerprint density at radius 3 is 2.45 bits per heavy atom. The number of nitrogen functional groups attached to an aromatic ring is 1. The van der Waals surface area contributed by atoms with E-state index in [0.717, 1.165) is 22.9 Å². The molecule has 0 aliphatic carbocycles. The van der Waals surface area contributed by atoms with Gasteiger partial charge in [0.05, 0.1) is 33.0 Å². The third kappa shape index (κ3) is 3.28. The van der Waals surface area contributed by atoms with Crippen LogP contribution in [-0.4, -0.2) is 35.3 Å². The van der Waals surface area contributed by atoms with Crippen LogP contribution in [0.15, 0.2) is 29.2 Å². The molecule has 162 valence electrons. The quantitative estimate of drug-likeness (QED) is 0.524. The second-order valence-corrected chi connectivity index (χ2v) is 7.67. The van der Waals surface area contributed by atoms with Gasteiger partial charge in [-0.15, -0.1) is 0 Å². The van der Waals surface area contributed by atoms with E-state index in [9.17, 15) is 27.9 Å². The van der Waals surface area contributed by atoms with Gasteiger partial charge in [0.15, 0.2) is 0 Å². The average Bonchev–Trinajstić information content (AvgIpc) is 2.67. The Morgan fingerprint density at radius 2 is 1.84 bits per heavy atom.